The van der Waals surface area contributed by atoms with Crippen molar-refractivity contribution < 1.29 is 9.47 Å². The molecule has 100 valence electrons. The van der Waals surface area contributed by atoms with Crippen LogP contribution in [0.25, 0.3) is 0 Å². The minimum Gasteiger partial charge on any atom is -0.493 e. The standard InChI is InChI=1S/C16H19NO2/c1-12-6-8-13(9-7-12)11-19-16-14(10-17)4-3-5-15(16)18-2/h3-9H,10-11,17H2,1-2H3. The third kappa shape index (κ3) is 3.26. The van der Waals surface area contributed by atoms with E-state index >= 15 is 0 Å². The van der Waals surface area contributed by atoms with Gasteiger partial charge in [-0.2, -0.15) is 0 Å². The number of hydrogen-bond acceptors (Lipinski definition) is 3. The summed E-state index contributed by atoms with van der Waals surface area (Å²) in [4.78, 5) is 0. The van der Waals surface area contributed by atoms with Gasteiger partial charge in [0.15, 0.2) is 11.5 Å². The zero-order chi connectivity index (χ0) is 13.7. The monoisotopic (exact) mass is 257 g/mol. The van der Waals surface area contributed by atoms with Gasteiger partial charge in [-0.3, -0.25) is 0 Å². The van der Waals surface area contributed by atoms with Crippen molar-refractivity contribution in [2.75, 3.05) is 7.11 Å². The van der Waals surface area contributed by atoms with Gasteiger partial charge < -0.3 is 15.2 Å². The third-order valence-corrected chi connectivity index (χ3v) is 3.00. The Bertz CT molecular complexity index is 513. The van der Waals surface area contributed by atoms with Crippen molar-refractivity contribution in [3.05, 3.63) is 59.2 Å². The zero-order valence-corrected chi connectivity index (χ0v) is 11.3. The smallest absolute Gasteiger partial charge is 0.166 e. The van der Waals surface area contributed by atoms with Gasteiger partial charge in [0.1, 0.15) is 6.61 Å². The van der Waals surface area contributed by atoms with Crippen LogP contribution >= 0.6 is 0 Å². The van der Waals surface area contributed by atoms with Crippen LogP contribution in [-0.4, -0.2) is 7.11 Å². The van der Waals surface area contributed by atoms with Crippen molar-refractivity contribution in [2.45, 2.75) is 20.1 Å². The van der Waals surface area contributed by atoms with Crippen molar-refractivity contribution in [2.24, 2.45) is 5.73 Å². The molecule has 0 aliphatic carbocycles. The van der Waals surface area contributed by atoms with Crippen LogP contribution in [0.5, 0.6) is 11.5 Å². The Morgan fingerprint density at radius 2 is 1.79 bits per heavy atom. The van der Waals surface area contributed by atoms with Gasteiger partial charge in [-0.05, 0) is 18.6 Å². The van der Waals surface area contributed by atoms with Crippen LogP contribution in [0.3, 0.4) is 0 Å². The second kappa shape index (κ2) is 6.25. The van der Waals surface area contributed by atoms with Crippen LogP contribution in [0.2, 0.25) is 0 Å². The molecule has 2 rings (SSSR count). The van der Waals surface area contributed by atoms with Crippen LogP contribution in [0.4, 0.5) is 0 Å². The molecule has 0 heterocycles. The maximum Gasteiger partial charge on any atom is 0.166 e. The van der Waals surface area contributed by atoms with E-state index in [1.807, 2.05) is 18.2 Å². The van der Waals surface area contributed by atoms with Crippen LogP contribution in [0.1, 0.15) is 16.7 Å². The molecular weight excluding hydrogens is 238 g/mol. The van der Waals surface area contributed by atoms with Crippen LogP contribution in [0, 0.1) is 6.92 Å². The molecule has 0 saturated heterocycles. The molecule has 0 aliphatic rings. The lowest BCUT2D eigenvalue weighted by Crippen LogP contribution is -2.04. The highest BCUT2D eigenvalue weighted by Crippen LogP contribution is 2.31. The topological polar surface area (TPSA) is 44.5 Å². The summed E-state index contributed by atoms with van der Waals surface area (Å²) in [6, 6.07) is 14.0. The van der Waals surface area contributed by atoms with Crippen molar-refractivity contribution >= 4 is 0 Å². The number of aryl methyl sites for hydroxylation is 1. The summed E-state index contributed by atoms with van der Waals surface area (Å²) >= 11 is 0. The molecular formula is C16H19NO2. The lowest BCUT2D eigenvalue weighted by molar-refractivity contribution is 0.281. The van der Waals surface area contributed by atoms with E-state index in [2.05, 4.69) is 31.2 Å². The van der Waals surface area contributed by atoms with Gasteiger partial charge in [-0.25, -0.2) is 0 Å². The summed E-state index contributed by atoms with van der Waals surface area (Å²) in [5, 5.41) is 0. The first-order valence-electron chi connectivity index (χ1n) is 6.29. The third-order valence-electron chi connectivity index (χ3n) is 3.00. The molecule has 0 spiro atoms. The van der Waals surface area contributed by atoms with Gasteiger partial charge >= 0.3 is 0 Å². The molecule has 2 N–H and O–H groups in total. The minimum atomic E-state index is 0.431. The maximum atomic E-state index is 5.87. The van der Waals surface area contributed by atoms with Crippen molar-refractivity contribution in [3.8, 4) is 11.5 Å². The summed E-state index contributed by atoms with van der Waals surface area (Å²) in [5.41, 5.74) is 9.04. The Kier molecular flexibility index (Phi) is 4.42. The van der Waals surface area contributed by atoms with E-state index in [-0.39, 0.29) is 0 Å². The van der Waals surface area contributed by atoms with E-state index in [0.29, 0.717) is 13.2 Å². The lowest BCUT2D eigenvalue weighted by Gasteiger charge is -2.14. The summed E-state index contributed by atoms with van der Waals surface area (Å²) in [6.45, 7) is 3.01. The van der Waals surface area contributed by atoms with Gasteiger partial charge in [0.05, 0.1) is 7.11 Å². The largest absolute Gasteiger partial charge is 0.493 e. The summed E-state index contributed by atoms with van der Waals surface area (Å²) in [5.74, 6) is 1.45. The molecule has 0 atom stereocenters. The predicted molar refractivity (Wildman–Crippen MR) is 76.4 cm³/mol. The molecule has 0 aromatic heterocycles. The zero-order valence-electron chi connectivity index (χ0n) is 11.3. The first-order chi connectivity index (χ1) is 9.24. The highest BCUT2D eigenvalue weighted by molar-refractivity contribution is 5.46. The number of hydrogen-bond donors (Lipinski definition) is 1. The van der Waals surface area contributed by atoms with Gasteiger partial charge in [-0.15, -0.1) is 0 Å². The fraction of sp³-hybridized carbons (Fsp3) is 0.250. The Morgan fingerprint density at radius 3 is 2.42 bits per heavy atom. The van der Waals surface area contributed by atoms with Crippen molar-refractivity contribution in [1.29, 1.82) is 0 Å². The Labute approximate surface area is 114 Å². The summed E-state index contributed by atoms with van der Waals surface area (Å²) in [7, 11) is 1.63. The molecule has 3 heteroatoms. The molecule has 2 aromatic carbocycles. The number of nitrogens with two attached hydrogens (primary N) is 1. The normalized spacial score (nSPS) is 10.3. The van der Waals surface area contributed by atoms with E-state index in [9.17, 15) is 0 Å². The molecule has 0 bridgehead atoms. The Morgan fingerprint density at radius 1 is 1.05 bits per heavy atom. The van der Waals surface area contributed by atoms with E-state index in [0.717, 1.165) is 22.6 Å². The second-order valence-corrected chi connectivity index (χ2v) is 4.43. The Hall–Kier alpha value is -2.00. The summed E-state index contributed by atoms with van der Waals surface area (Å²) < 4.78 is 11.2. The number of para-hydroxylation sites is 1. The molecule has 0 aliphatic heterocycles. The van der Waals surface area contributed by atoms with E-state index in [4.69, 9.17) is 15.2 Å². The predicted octanol–water partition coefficient (Wildman–Crippen LogP) is 3.04. The number of benzene rings is 2. The maximum absolute atomic E-state index is 5.87. The van der Waals surface area contributed by atoms with Gasteiger partial charge in [-0.1, -0.05) is 42.0 Å². The first-order valence-corrected chi connectivity index (χ1v) is 6.29. The highest BCUT2D eigenvalue weighted by Gasteiger charge is 2.09. The quantitative estimate of drug-likeness (QED) is 0.895. The van der Waals surface area contributed by atoms with Crippen LogP contribution in [-0.2, 0) is 13.2 Å². The van der Waals surface area contributed by atoms with Gasteiger partial charge in [0, 0.05) is 12.1 Å². The fourth-order valence-electron chi connectivity index (χ4n) is 1.89. The molecule has 0 unspecified atom stereocenters. The highest BCUT2D eigenvalue weighted by atomic mass is 16.5. The molecule has 19 heavy (non-hydrogen) atoms. The molecule has 2 aromatic rings. The molecule has 0 radical (unpaired) electrons. The molecule has 0 fully saturated rings. The van der Waals surface area contributed by atoms with Crippen LogP contribution in [0.15, 0.2) is 42.5 Å². The fourth-order valence-corrected chi connectivity index (χ4v) is 1.89. The van der Waals surface area contributed by atoms with Crippen molar-refractivity contribution in [3.63, 3.8) is 0 Å². The van der Waals surface area contributed by atoms with Crippen LogP contribution < -0.4 is 15.2 Å². The molecule has 0 amide bonds. The first kappa shape index (κ1) is 13.4. The average molecular weight is 257 g/mol. The second-order valence-electron chi connectivity index (χ2n) is 4.43. The average Bonchev–Trinajstić information content (AvgIpc) is 2.46. The van der Waals surface area contributed by atoms with Crippen molar-refractivity contribution in [1.82, 2.24) is 0 Å². The minimum absolute atomic E-state index is 0.431. The Balaban J connectivity index is 2.16. The number of ether oxygens (including phenoxy) is 2. The summed E-state index contributed by atoms with van der Waals surface area (Å²) in [6.07, 6.45) is 0. The molecule has 3 nitrogen and oxygen atoms in total. The lowest BCUT2D eigenvalue weighted by atomic mass is 10.1. The number of methoxy groups -OCH3 is 1. The van der Waals surface area contributed by atoms with E-state index in [1.165, 1.54) is 5.56 Å². The van der Waals surface area contributed by atoms with E-state index < -0.39 is 0 Å². The SMILES string of the molecule is COc1cccc(CN)c1OCc1ccc(C)cc1. The van der Waals surface area contributed by atoms with Gasteiger partial charge in [0.2, 0.25) is 0 Å². The number of rotatable bonds is 5. The van der Waals surface area contributed by atoms with Gasteiger partial charge in [0.25, 0.3) is 0 Å². The van der Waals surface area contributed by atoms with E-state index in [1.54, 1.807) is 7.11 Å². The molecule has 0 saturated carbocycles.